The van der Waals surface area contributed by atoms with Gasteiger partial charge < -0.3 is 10.8 Å². The molecule has 0 spiro atoms. The van der Waals surface area contributed by atoms with Crippen molar-refractivity contribution < 1.29 is 9.90 Å². The Morgan fingerprint density at radius 1 is 1.59 bits per heavy atom. The highest BCUT2D eigenvalue weighted by molar-refractivity contribution is 5.70. The van der Waals surface area contributed by atoms with E-state index in [1.807, 2.05) is 6.92 Å². The summed E-state index contributed by atoms with van der Waals surface area (Å²) in [6.45, 7) is 3.28. The van der Waals surface area contributed by atoms with Crippen LogP contribution in [0.25, 0.3) is 0 Å². The van der Waals surface area contributed by atoms with Crippen LogP contribution in [-0.2, 0) is 17.8 Å². The van der Waals surface area contributed by atoms with Gasteiger partial charge in [-0.3, -0.25) is 9.48 Å². The number of aromatic nitrogens is 3. The quantitative estimate of drug-likeness (QED) is 0.651. The average molecular weight is 240 g/mol. The van der Waals surface area contributed by atoms with E-state index in [1.165, 1.54) is 6.33 Å². The van der Waals surface area contributed by atoms with E-state index in [-0.39, 0.29) is 0 Å². The van der Waals surface area contributed by atoms with Crippen LogP contribution in [0.1, 0.15) is 32.0 Å². The SMILES string of the molecule is CCn1ncnc1CC(CCCCN)C(=O)O. The maximum absolute atomic E-state index is 11.1. The second kappa shape index (κ2) is 7.01. The average Bonchev–Trinajstić information content (AvgIpc) is 2.75. The van der Waals surface area contributed by atoms with Gasteiger partial charge in [0.25, 0.3) is 0 Å². The first-order valence-corrected chi connectivity index (χ1v) is 5.98. The number of unbranched alkanes of at least 4 members (excludes halogenated alkanes) is 1. The smallest absolute Gasteiger partial charge is 0.306 e. The Bertz CT molecular complexity index is 351. The predicted octanol–water partition coefficient (Wildman–Crippen LogP) is 0.670. The summed E-state index contributed by atoms with van der Waals surface area (Å²) in [6, 6.07) is 0. The van der Waals surface area contributed by atoms with Gasteiger partial charge in [0.05, 0.1) is 5.92 Å². The van der Waals surface area contributed by atoms with Crippen LogP contribution >= 0.6 is 0 Å². The standard InChI is InChI=1S/C11H20N4O2/c1-2-15-10(13-8-14-15)7-9(11(16)17)5-3-4-6-12/h8-9H,2-7,12H2,1H3,(H,16,17). The van der Waals surface area contributed by atoms with Gasteiger partial charge >= 0.3 is 5.97 Å². The van der Waals surface area contributed by atoms with Crippen LogP contribution in [0, 0.1) is 5.92 Å². The van der Waals surface area contributed by atoms with Crippen LogP contribution in [0.2, 0.25) is 0 Å². The molecule has 6 nitrogen and oxygen atoms in total. The minimum absolute atomic E-state index is 0.393. The number of rotatable bonds is 8. The fraction of sp³-hybridized carbons (Fsp3) is 0.727. The first-order valence-electron chi connectivity index (χ1n) is 5.98. The number of aliphatic carboxylic acids is 1. The molecule has 0 aliphatic heterocycles. The third-order valence-electron chi connectivity index (χ3n) is 2.78. The lowest BCUT2D eigenvalue weighted by molar-refractivity contribution is -0.142. The highest BCUT2D eigenvalue weighted by atomic mass is 16.4. The molecule has 6 heteroatoms. The molecular weight excluding hydrogens is 220 g/mol. The fourth-order valence-corrected chi connectivity index (χ4v) is 1.78. The molecule has 1 unspecified atom stereocenters. The summed E-state index contributed by atoms with van der Waals surface area (Å²) in [5.41, 5.74) is 5.40. The van der Waals surface area contributed by atoms with E-state index in [4.69, 9.17) is 10.8 Å². The summed E-state index contributed by atoms with van der Waals surface area (Å²) in [5.74, 6) is -0.420. The zero-order valence-corrected chi connectivity index (χ0v) is 10.2. The number of carboxylic acid groups (broad SMARTS) is 1. The Morgan fingerprint density at radius 3 is 2.94 bits per heavy atom. The van der Waals surface area contributed by atoms with Crippen molar-refractivity contribution in [3.05, 3.63) is 12.2 Å². The topological polar surface area (TPSA) is 94.0 Å². The van der Waals surface area contributed by atoms with Gasteiger partial charge in [-0.15, -0.1) is 0 Å². The molecule has 0 saturated carbocycles. The molecule has 1 rings (SSSR count). The predicted molar refractivity (Wildman–Crippen MR) is 63.4 cm³/mol. The molecule has 1 aromatic rings. The van der Waals surface area contributed by atoms with Gasteiger partial charge in [-0.1, -0.05) is 6.42 Å². The van der Waals surface area contributed by atoms with Gasteiger partial charge in [-0.2, -0.15) is 5.10 Å². The normalized spacial score (nSPS) is 12.6. The maximum Gasteiger partial charge on any atom is 0.306 e. The van der Waals surface area contributed by atoms with E-state index in [2.05, 4.69) is 10.1 Å². The van der Waals surface area contributed by atoms with Crippen molar-refractivity contribution in [1.82, 2.24) is 14.8 Å². The number of nitrogens with zero attached hydrogens (tertiary/aromatic N) is 3. The highest BCUT2D eigenvalue weighted by Crippen LogP contribution is 2.14. The molecule has 96 valence electrons. The Hall–Kier alpha value is -1.43. The largest absolute Gasteiger partial charge is 0.481 e. The molecule has 0 aliphatic carbocycles. The van der Waals surface area contributed by atoms with Crippen LogP contribution < -0.4 is 5.73 Å². The molecule has 0 fully saturated rings. The maximum atomic E-state index is 11.1. The summed E-state index contributed by atoms with van der Waals surface area (Å²) in [7, 11) is 0. The van der Waals surface area contributed by atoms with Crippen molar-refractivity contribution in [1.29, 1.82) is 0 Å². The number of nitrogens with two attached hydrogens (primary N) is 1. The van der Waals surface area contributed by atoms with Gasteiger partial charge in [-0.25, -0.2) is 4.98 Å². The summed E-state index contributed by atoms with van der Waals surface area (Å²) < 4.78 is 1.73. The lowest BCUT2D eigenvalue weighted by Gasteiger charge is -2.11. The minimum Gasteiger partial charge on any atom is -0.481 e. The van der Waals surface area contributed by atoms with Crippen LogP contribution in [-0.4, -0.2) is 32.4 Å². The fourth-order valence-electron chi connectivity index (χ4n) is 1.78. The van der Waals surface area contributed by atoms with Crippen molar-refractivity contribution in [2.45, 2.75) is 39.2 Å². The molecule has 0 radical (unpaired) electrons. The van der Waals surface area contributed by atoms with Crippen molar-refractivity contribution in [3.63, 3.8) is 0 Å². The third-order valence-corrected chi connectivity index (χ3v) is 2.78. The molecule has 0 amide bonds. The minimum atomic E-state index is -0.771. The Balaban J connectivity index is 2.57. The van der Waals surface area contributed by atoms with Crippen molar-refractivity contribution in [2.75, 3.05) is 6.54 Å². The van der Waals surface area contributed by atoms with Gasteiger partial charge in [0.15, 0.2) is 0 Å². The zero-order chi connectivity index (χ0) is 12.7. The second-order valence-corrected chi connectivity index (χ2v) is 4.02. The first kappa shape index (κ1) is 13.6. The van der Waals surface area contributed by atoms with Gasteiger partial charge in [0.1, 0.15) is 12.2 Å². The van der Waals surface area contributed by atoms with E-state index < -0.39 is 11.9 Å². The first-order chi connectivity index (χ1) is 8.19. The third kappa shape index (κ3) is 4.14. The summed E-state index contributed by atoms with van der Waals surface area (Å²) in [6.07, 6.45) is 4.26. The molecule has 1 heterocycles. The number of carbonyl (C=O) groups is 1. The summed E-state index contributed by atoms with van der Waals surface area (Å²) in [4.78, 5) is 15.2. The highest BCUT2D eigenvalue weighted by Gasteiger charge is 2.20. The monoisotopic (exact) mass is 240 g/mol. The lowest BCUT2D eigenvalue weighted by atomic mass is 9.98. The van der Waals surface area contributed by atoms with E-state index in [1.54, 1.807) is 4.68 Å². The van der Waals surface area contributed by atoms with Gasteiger partial charge in [0, 0.05) is 13.0 Å². The second-order valence-electron chi connectivity index (χ2n) is 4.02. The summed E-state index contributed by atoms with van der Waals surface area (Å²) in [5, 5.41) is 13.2. The molecule has 0 saturated heterocycles. The molecule has 0 bridgehead atoms. The van der Waals surface area contributed by atoms with E-state index in [0.717, 1.165) is 18.7 Å². The lowest BCUT2D eigenvalue weighted by Crippen LogP contribution is -2.19. The van der Waals surface area contributed by atoms with Crippen molar-refractivity contribution >= 4 is 5.97 Å². The van der Waals surface area contributed by atoms with E-state index >= 15 is 0 Å². The van der Waals surface area contributed by atoms with Crippen molar-refractivity contribution in [2.24, 2.45) is 11.7 Å². The molecule has 1 atom stereocenters. The molecule has 3 N–H and O–H groups in total. The van der Waals surface area contributed by atoms with Crippen LogP contribution in [0.5, 0.6) is 0 Å². The number of aryl methyl sites for hydroxylation is 1. The molecular formula is C11H20N4O2. The zero-order valence-electron chi connectivity index (χ0n) is 10.2. The molecule has 17 heavy (non-hydrogen) atoms. The van der Waals surface area contributed by atoms with Gasteiger partial charge in [-0.05, 0) is 26.3 Å². The number of hydrogen-bond donors (Lipinski definition) is 2. The molecule has 0 aliphatic rings. The Morgan fingerprint density at radius 2 is 2.35 bits per heavy atom. The van der Waals surface area contributed by atoms with E-state index in [9.17, 15) is 4.79 Å². The molecule has 0 aromatic carbocycles. The summed E-state index contributed by atoms with van der Waals surface area (Å²) >= 11 is 0. The van der Waals surface area contributed by atoms with Crippen LogP contribution in [0.4, 0.5) is 0 Å². The van der Waals surface area contributed by atoms with Gasteiger partial charge in [0.2, 0.25) is 0 Å². The Labute approximate surface area is 101 Å². The van der Waals surface area contributed by atoms with Crippen molar-refractivity contribution in [3.8, 4) is 0 Å². The van der Waals surface area contributed by atoms with E-state index in [0.29, 0.717) is 25.9 Å². The number of hydrogen-bond acceptors (Lipinski definition) is 4. The number of carboxylic acids is 1. The molecule has 1 aromatic heterocycles. The van der Waals surface area contributed by atoms with Crippen LogP contribution in [0.15, 0.2) is 6.33 Å². The Kier molecular flexibility index (Phi) is 5.62. The van der Waals surface area contributed by atoms with Crippen LogP contribution in [0.3, 0.4) is 0 Å².